The Morgan fingerprint density at radius 1 is 1.50 bits per heavy atom. The third-order valence-corrected chi connectivity index (χ3v) is 3.99. The molecule has 0 aromatic heterocycles. The number of rotatable bonds is 6. The minimum Gasteiger partial charge on any atom is -0.398 e. The van der Waals surface area contributed by atoms with Gasteiger partial charge in [-0.05, 0) is 43.0 Å². The zero-order valence-electron chi connectivity index (χ0n) is 11.7. The minimum absolute atomic E-state index is 0.105. The highest BCUT2D eigenvalue weighted by Gasteiger charge is 2.32. The van der Waals surface area contributed by atoms with Gasteiger partial charge < -0.3 is 15.4 Å². The van der Waals surface area contributed by atoms with Crippen LogP contribution in [0, 0.1) is 0 Å². The van der Waals surface area contributed by atoms with Crippen LogP contribution in [-0.2, 0) is 9.53 Å². The van der Waals surface area contributed by atoms with Crippen molar-refractivity contribution in [2.75, 3.05) is 23.8 Å². The Kier molecular flexibility index (Phi) is 5.28. The molecule has 20 heavy (non-hydrogen) atoms. The van der Waals surface area contributed by atoms with Crippen LogP contribution in [0.3, 0.4) is 0 Å². The Labute approximate surface area is 123 Å². The van der Waals surface area contributed by atoms with Gasteiger partial charge in [0.15, 0.2) is 0 Å². The highest BCUT2D eigenvalue weighted by Crippen LogP contribution is 2.31. The Morgan fingerprint density at radius 2 is 2.30 bits per heavy atom. The van der Waals surface area contributed by atoms with Gasteiger partial charge in [0.25, 0.3) is 0 Å². The van der Waals surface area contributed by atoms with Crippen LogP contribution in [0.4, 0.5) is 11.4 Å². The van der Waals surface area contributed by atoms with Gasteiger partial charge in [-0.1, -0.05) is 6.92 Å². The van der Waals surface area contributed by atoms with E-state index in [4.69, 9.17) is 15.6 Å². The molecule has 1 aromatic rings. The molecular weight excluding hydrogens is 274 g/mol. The molecule has 1 aromatic carbocycles. The normalized spacial score (nSPS) is 18.8. The average Bonchev–Trinajstić information content (AvgIpc) is 2.81. The summed E-state index contributed by atoms with van der Waals surface area (Å²) in [6.45, 7) is 3.38. The molecule has 0 radical (unpaired) electrons. The van der Waals surface area contributed by atoms with Crippen molar-refractivity contribution in [3.63, 3.8) is 0 Å². The lowest BCUT2D eigenvalue weighted by Crippen LogP contribution is -2.36. The molecule has 1 unspecified atom stereocenters. The first-order valence-corrected chi connectivity index (χ1v) is 7.71. The van der Waals surface area contributed by atoms with Crippen LogP contribution in [0.1, 0.15) is 26.2 Å². The van der Waals surface area contributed by atoms with Gasteiger partial charge in [-0.25, -0.2) is 0 Å². The standard InChI is InChI=1S/C14H21N3O2S/c1-2-7-19-9-11-4-6-14(18)17(11)10-3-5-12(15)13(8-10)20-16/h3,5,8,11H,2,4,6-7,9,15-16H2,1H3. The van der Waals surface area contributed by atoms with Crippen molar-refractivity contribution in [1.29, 1.82) is 0 Å². The van der Waals surface area contributed by atoms with Crippen LogP contribution in [0.2, 0.25) is 0 Å². The summed E-state index contributed by atoms with van der Waals surface area (Å²) in [7, 11) is 0. The number of nitrogens with zero attached hydrogens (tertiary/aromatic N) is 1. The Morgan fingerprint density at radius 3 is 3.00 bits per heavy atom. The number of hydrogen-bond donors (Lipinski definition) is 2. The molecular formula is C14H21N3O2S. The fraction of sp³-hybridized carbons (Fsp3) is 0.500. The first-order chi connectivity index (χ1) is 9.67. The summed E-state index contributed by atoms with van der Waals surface area (Å²) in [5.74, 6) is 0.132. The zero-order chi connectivity index (χ0) is 14.5. The van der Waals surface area contributed by atoms with Gasteiger partial charge in [0.1, 0.15) is 0 Å². The predicted molar refractivity (Wildman–Crippen MR) is 82.5 cm³/mol. The van der Waals surface area contributed by atoms with Crippen LogP contribution in [0.25, 0.3) is 0 Å². The quantitative estimate of drug-likeness (QED) is 0.477. The summed E-state index contributed by atoms with van der Waals surface area (Å²) in [6, 6.07) is 5.63. The first-order valence-electron chi connectivity index (χ1n) is 6.83. The van der Waals surface area contributed by atoms with Gasteiger partial charge in [-0.15, -0.1) is 0 Å². The highest BCUT2D eigenvalue weighted by atomic mass is 32.2. The van der Waals surface area contributed by atoms with E-state index in [-0.39, 0.29) is 11.9 Å². The molecule has 1 aliphatic rings. The van der Waals surface area contributed by atoms with E-state index in [0.717, 1.165) is 42.0 Å². The van der Waals surface area contributed by atoms with Gasteiger partial charge in [0, 0.05) is 29.3 Å². The number of hydrogen-bond acceptors (Lipinski definition) is 5. The molecule has 1 saturated heterocycles. The molecule has 0 saturated carbocycles. The van der Waals surface area contributed by atoms with Gasteiger partial charge in [-0.2, -0.15) is 0 Å². The lowest BCUT2D eigenvalue weighted by Gasteiger charge is -2.25. The molecule has 1 aliphatic heterocycles. The number of nitrogen functional groups attached to an aromatic ring is 1. The Bertz CT molecular complexity index is 481. The maximum atomic E-state index is 12.1. The Balaban J connectivity index is 2.17. The monoisotopic (exact) mass is 295 g/mol. The van der Waals surface area contributed by atoms with Crippen LogP contribution in [0.5, 0.6) is 0 Å². The van der Waals surface area contributed by atoms with E-state index in [1.54, 1.807) is 6.07 Å². The van der Waals surface area contributed by atoms with Crippen LogP contribution in [0.15, 0.2) is 23.1 Å². The molecule has 6 heteroatoms. The molecule has 0 aliphatic carbocycles. The summed E-state index contributed by atoms with van der Waals surface area (Å²) in [5, 5.41) is 5.59. The second kappa shape index (κ2) is 6.97. The topological polar surface area (TPSA) is 81.6 Å². The molecule has 5 nitrogen and oxygen atoms in total. The van der Waals surface area contributed by atoms with Gasteiger partial charge in [0.05, 0.1) is 12.6 Å². The molecule has 2 rings (SSSR count). The van der Waals surface area contributed by atoms with E-state index < -0.39 is 0 Å². The van der Waals surface area contributed by atoms with Crippen LogP contribution < -0.4 is 15.8 Å². The number of carbonyl (C=O) groups is 1. The van der Waals surface area contributed by atoms with E-state index in [0.29, 0.717) is 18.7 Å². The number of anilines is 2. The van der Waals surface area contributed by atoms with Gasteiger partial charge in [-0.3, -0.25) is 9.93 Å². The number of amides is 1. The molecule has 1 atom stereocenters. The molecule has 1 amide bonds. The van der Waals surface area contributed by atoms with E-state index in [1.807, 2.05) is 17.0 Å². The van der Waals surface area contributed by atoms with Crippen LogP contribution >= 0.6 is 11.9 Å². The molecule has 4 N–H and O–H groups in total. The lowest BCUT2D eigenvalue weighted by molar-refractivity contribution is -0.117. The van der Waals surface area contributed by atoms with E-state index in [1.165, 1.54) is 0 Å². The van der Waals surface area contributed by atoms with Crippen molar-refractivity contribution in [3.05, 3.63) is 18.2 Å². The van der Waals surface area contributed by atoms with E-state index in [2.05, 4.69) is 6.92 Å². The second-order valence-corrected chi connectivity index (χ2v) is 5.55. The summed E-state index contributed by atoms with van der Waals surface area (Å²) in [4.78, 5) is 14.7. The van der Waals surface area contributed by atoms with E-state index >= 15 is 0 Å². The summed E-state index contributed by atoms with van der Waals surface area (Å²) >= 11 is 1.10. The zero-order valence-corrected chi connectivity index (χ0v) is 12.5. The Hall–Kier alpha value is -1.24. The number of nitrogens with two attached hydrogens (primary N) is 2. The summed E-state index contributed by atoms with van der Waals surface area (Å²) in [5.41, 5.74) is 7.32. The van der Waals surface area contributed by atoms with Crippen molar-refractivity contribution in [2.45, 2.75) is 37.1 Å². The highest BCUT2D eigenvalue weighted by molar-refractivity contribution is 7.97. The maximum Gasteiger partial charge on any atom is 0.227 e. The molecule has 1 fully saturated rings. The fourth-order valence-electron chi connectivity index (χ4n) is 2.39. The maximum absolute atomic E-state index is 12.1. The summed E-state index contributed by atoms with van der Waals surface area (Å²) in [6.07, 6.45) is 2.38. The SMILES string of the molecule is CCCOCC1CCC(=O)N1c1ccc(N)c(SN)c1. The third-order valence-electron chi connectivity index (χ3n) is 3.39. The average molecular weight is 295 g/mol. The predicted octanol–water partition coefficient (Wildman–Crippen LogP) is 2.16. The summed E-state index contributed by atoms with van der Waals surface area (Å²) < 4.78 is 5.60. The smallest absolute Gasteiger partial charge is 0.227 e. The second-order valence-electron chi connectivity index (χ2n) is 4.87. The lowest BCUT2D eigenvalue weighted by atomic mass is 10.2. The molecule has 1 heterocycles. The van der Waals surface area contributed by atoms with Crippen molar-refractivity contribution in [2.24, 2.45) is 5.14 Å². The van der Waals surface area contributed by atoms with Crippen molar-refractivity contribution >= 4 is 29.2 Å². The molecule has 110 valence electrons. The van der Waals surface area contributed by atoms with Gasteiger partial charge >= 0.3 is 0 Å². The fourth-order valence-corrected chi connectivity index (χ4v) is 2.79. The third kappa shape index (κ3) is 3.26. The molecule has 0 spiro atoms. The largest absolute Gasteiger partial charge is 0.398 e. The minimum atomic E-state index is 0.105. The van der Waals surface area contributed by atoms with E-state index in [9.17, 15) is 4.79 Å². The van der Waals surface area contributed by atoms with Crippen molar-refractivity contribution < 1.29 is 9.53 Å². The number of benzene rings is 1. The molecule has 0 bridgehead atoms. The van der Waals surface area contributed by atoms with Crippen LogP contribution in [-0.4, -0.2) is 25.2 Å². The van der Waals surface area contributed by atoms with Crippen molar-refractivity contribution in [1.82, 2.24) is 0 Å². The number of carbonyl (C=O) groups excluding carboxylic acids is 1. The van der Waals surface area contributed by atoms with Crippen molar-refractivity contribution in [3.8, 4) is 0 Å². The van der Waals surface area contributed by atoms with Gasteiger partial charge in [0.2, 0.25) is 5.91 Å². The number of ether oxygens (including phenoxy) is 1. The first kappa shape index (κ1) is 15.2.